The second-order valence-electron chi connectivity index (χ2n) is 4.60. The van der Waals surface area contributed by atoms with Gasteiger partial charge in [-0.15, -0.1) is 0 Å². The molecule has 2 rings (SSSR count). The van der Waals surface area contributed by atoms with Crippen LogP contribution in [0.15, 0.2) is 54.6 Å². The lowest BCUT2D eigenvalue weighted by Gasteiger charge is -2.14. The zero-order valence-electron chi connectivity index (χ0n) is 11.6. The fourth-order valence-corrected chi connectivity index (χ4v) is 1.99. The Morgan fingerprint density at radius 1 is 1.10 bits per heavy atom. The van der Waals surface area contributed by atoms with Gasteiger partial charge >= 0.3 is 0 Å². The molecule has 0 spiro atoms. The molecule has 0 radical (unpaired) electrons. The maximum Gasteiger partial charge on any atom is 0.187 e. The minimum Gasteiger partial charge on any atom is -0.493 e. The van der Waals surface area contributed by atoms with Crippen molar-refractivity contribution in [3.63, 3.8) is 0 Å². The Morgan fingerprint density at radius 3 is 2.45 bits per heavy atom. The van der Waals surface area contributed by atoms with E-state index in [1.54, 1.807) is 12.1 Å². The third-order valence-corrected chi connectivity index (χ3v) is 3.06. The Bertz CT molecular complexity index is 566. The van der Waals surface area contributed by atoms with Gasteiger partial charge in [-0.1, -0.05) is 49.4 Å². The molecular formula is C17H19NO2. The predicted octanol–water partition coefficient (Wildman–Crippen LogP) is 3.36. The van der Waals surface area contributed by atoms with Gasteiger partial charge < -0.3 is 10.5 Å². The highest BCUT2D eigenvalue weighted by Crippen LogP contribution is 2.24. The van der Waals surface area contributed by atoms with Crippen LogP contribution in [0, 0.1) is 0 Å². The fraction of sp³-hybridized carbons (Fsp3) is 0.235. The van der Waals surface area contributed by atoms with Crippen molar-refractivity contribution < 1.29 is 9.53 Å². The van der Waals surface area contributed by atoms with Crippen molar-refractivity contribution in [3.05, 3.63) is 65.7 Å². The molecule has 0 aliphatic carbocycles. The zero-order chi connectivity index (χ0) is 14.4. The van der Waals surface area contributed by atoms with Gasteiger partial charge in [0.1, 0.15) is 5.75 Å². The van der Waals surface area contributed by atoms with Crippen molar-refractivity contribution in [3.8, 4) is 5.75 Å². The standard InChI is InChI=1S/C17H19NO2/c1-2-12-20-15-11-7-6-10-14(15)17(19)16(18)13-8-4-3-5-9-13/h3-11,16H,2,12,18H2,1H3. The number of hydrogen-bond acceptors (Lipinski definition) is 3. The van der Waals surface area contributed by atoms with Crippen LogP contribution in [0.25, 0.3) is 0 Å². The molecule has 1 atom stereocenters. The molecule has 0 aliphatic rings. The highest BCUT2D eigenvalue weighted by molar-refractivity contribution is 6.02. The molecular weight excluding hydrogens is 250 g/mol. The van der Waals surface area contributed by atoms with Gasteiger partial charge in [-0.25, -0.2) is 0 Å². The van der Waals surface area contributed by atoms with Crippen LogP contribution in [0.3, 0.4) is 0 Å². The van der Waals surface area contributed by atoms with Crippen molar-refractivity contribution in [2.75, 3.05) is 6.61 Å². The van der Waals surface area contributed by atoms with Gasteiger partial charge in [-0.05, 0) is 24.1 Å². The van der Waals surface area contributed by atoms with E-state index in [0.29, 0.717) is 17.9 Å². The smallest absolute Gasteiger partial charge is 0.187 e. The van der Waals surface area contributed by atoms with E-state index in [1.807, 2.05) is 49.4 Å². The van der Waals surface area contributed by atoms with E-state index < -0.39 is 6.04 Å². The molecule has 20 heavy (non-hydrogen) atoms. The minimum absolute atomic E-state index is 0.122. The second kappa shape index (κ2) is 6.87. The van der Waals surface area contributed by atoms with E-state index in [0.717, 1.165) is 12.0 Å². The average molecular weight is 269 g/mol. The molecule has 2 N–H and O–H groups in total. The minimum atomic E-state index is -0.664. The van der Waals surface area contributed by atoms with Crippen molar-refractivity contribution >= 4 is 5.78 Å². The summed E-state index contributed by atoms with van der Waals surface area (Å²) < 4.78 is 5.62. The lowest BCUT2D eigenvalue weighted by atomic mass is 9.98. The molecule has 0 heterocycles. The molecule has 0 amide bonds. The summed E-state index contributed by atoms with van der Waals surface area (Å²) in [5, 5.41) is 0. The number of rotatable bonds is 6. The molecule has 3 nitrogen and oxygen atoms in total. The van der Waals surface area contributed by atoms with Crippen molar-refractivity contribution in [2.24, 2.45) is 5.73 Å². The first-order valence-corrected chi connectivity index (χ1v) is 6.80. The number of hydrogen-bond donors (Lipinski definition) is 1. The van der Waals surface area contributed by atoms with E-state index >= 15 is 0 Å². The molecule has 0 saturated heterocycles. The van der Waals surface area contributed by atoms with Crippen LogP contribution < -0.4 is 10.5 Å². The number of ether oxygens (including phenoxy) is 1. The van der Waals surface area contributed by atoms with Gasteiger partial charge in [0.15, 0.2) is 5.78 Å². The average Bonchev–Trinajstić information content (AvgIpc) is 2.52. The Morgan fingerprint density at radius 2 is 1.75 bits per heavy atom. The summed E-state index contributed by atoms with van der Waals surface area (Å²) >= 11 is 0. The molecule has 0 fully saturated rings. The monoisotopic (exact) mass is 269 g/mol. The first-order chi connectivity index (χ1) is 9.74. The fourth-order valence-electron chi connectivity index (χ4n) is 1.99. The van der Waals surface area contributed by atoms with E-state index in [4.69, 9.17) is 10.5 Å². The molecule has 2 aromatic rings. The van der Waals surface area contributed by atoms with Crippen molar-refractivity contribution in [2.45, 2.75) is 19.4 Å². The van der Waals surface area contributed by atoms with E-state index in [-0.39, 0.29) is 5.78 Å². The van der Waals surface area contributed by atoms with Crippen LogP contribution in [0.4, 0.5) is 0 Å². The van der Waals surface area contributed by atoms with Crippen LogP contribution in [-0.2, 0) is 0 Å². The van der Waals surface area contributed by atoms with Crippen LogP contribution in [0.5, 0.6) is 5.75 Å². The third kappa shape index (κ3) is 3.25. The molecule has 1 unspecified atom stereocenters. The Kier molecular flexibility index (Phi) is 4.91. The zero-order valence-corrected chi connectivity index (χ0v) is 11.6. The van der Waals surface area contributed by atoms with E-state index in [1.165, 1.54) is 0 Å². The van der Waals surface area contributed by atoms with Crippen LogP contribution in [-0.4, -0.2) is 12.4 Å². The molecule has 0 bridgehead atoms. The summed E-state index contributed by atoms with van der Waals surface area (Å²) in [5.74, 6) is 0.480. The van der Waals surface area contributed by atoms with Crippen molar-refractivity contribution in [1.29, 1.82) is 0 Å². The Labute approximate surface area is 119 Å². The first-order valence-electron chi connectivity index (χ1n) is 6.80. The molecule has 0 aliphatic heterocycles. The molecule has 0 saturated carbocycles. The van der Waals surface area contributed by atoms with Crippen molar-refractivity contribution in [1.82, 2.24) is 0 Å². The maximum absolute atomic E-state index is 12.5. The van der Waals surface area contributed by atoms with Gasteiger partial charge in [0.05, 0.1) is 18.2 Å². The summed E-state index contributed by atoms with van der Waals surface area (Å²) in [7, 11) is 0. The van der Waals surface area contributed by atoms with Gasteiger partial charge in [-0.3, -0.25) is 4.79 Å². The quantitative estimate of drug-likeness (QED) is 0.818. The summed E-state index contributed by atoms with van der Waals surface area (Å²) in [4.78, 5) is 12.5. The molecule has 2 aromatic carbocycles. The first kappa shape index (κ1) is 14.3. The number of carbonyl (C=O) groups is 1. The highest BCUT2D eigenvalue weighted by Gasteiger charge is 2.20. The summed E-state index contributed by atoms with van der Waals surface area (Å²) in [6.07, 6.45) is 0.896. The number of Topliss-reactive ketones (excluding diaryl/α,β-unsaturated/α-hetero) is 1. The maximum atomic E-state index is 12.5. The lowest BCUT2D eigenvalue weighted by Crippen LogP contribution is -2.22. The SMILES string of the molecule is CCCOc1ccccc1C(=O)C(N)c1ccccc1. The third-order valence-electron chi connectivity index (χ3n) is 3.06. The number of nitrogens with two attached hydrogens (primary N) is 1. The second-order valence-corrected chi connectivity index (χ2v) is 4.60. The van der Waals surface area contributed by atoms with Crippen LogP contribution >= 0.6 is 0 Å². The lowest BCUT2D eigenvalue weighted by molar-refractivity contribution is 0.0957. The topological polar surface area (TPSA) is 52.3 Å². The van der Waals surface area contributed by atoms with Crippen LogP contribution in [0.2, 0.25) is 0 Å². The van der Waals surface area contributed by atoms with E-state index in [9.17, 15) is 4.79 Å². The Balaban J connectivity index is 2.25. The molecule has 3 heteroatoms. The largest absolute Gasteiger partial charge is 0.493 e. The van der Waals surface area contributed by atoms with E-state index in [2.05, 4.69) is 0 Å². The summed E-state index contributed by atoms with van der Waals surface area (Å²) in [5.41, 5.74) is 7.41. The number of carbonyl (C=O) groups excluding carboxylic acids is 1. The Hall–Kier alpha value is -2.13. The van der Waals surface area contributed by atoms with Gasteiger partial charge in [0, 0.05) is 0 Å². The predicted molar refractivity (Wildman–Crippen MR) is 79.9 cm³/mol. The van der Waals surface area contributed by atoms with Gasteiger partial charge in [0.25, 0.3) is 0 Å². The highest BCUT2D eigenvalue weighted by atomic mass is 16.5. The number of para-hydroxylation sites is 1. The molecule has 104 valence electrons. The van der Waals surface area contributed by atoms with Crippen LogP contribution in [0.1, 0.15) is 35.3 Å². The van der Waals surface area contributed by atoms with Gasteiger partial charge in [-0.2, -0.15) is 0 Å². The van der Waals surface area contributed by atoms with Gasteiger partial charge in [0.2, 0.25) is 0 Å². The normalized spacial score (nSPS) is 11.9. The summed E-state index contributed by atoms with van der Waals surface area (Å²) in [6.45, 7) is 2.62. The summed E-state index contributed by atoms with van der Waals surface area (Å²) in [6, 6.07) is 16.0. The number of ketones is 1. The number of benzene rings is 2. The molecule has 0 aromatic heterocycles.